The van der Waals surface area contributed by atoms with Gasteiger partial charge in [0, 0.05) is 12.0 Å². The summed E-state index contributed by atoms with van der Waals surface area (Å²) >= 11 is 0. The number of carboxylic acids is 1. The molecule has 1 amide bonds. The smallest absolute Gasteiger partial charge is 0.407 e. The molecule has 3 N–H and O–H groups in total. The van der Waals surface area contributed by atoms with E-state index in [1.807, 2.05) is 30.3 Å². The molecular weight excluding hydrogens is 262 g/mol. The van der Waals surface area contributed by atoms with E-state index < -0.39 is 24.2 Å². The number of carbonyl (C=O) groups is 2. The number of amides is 1. The topological polar surface area (TPSA) is 95.9 Å². The number of hydrogen-bond acceptors (Lipinski definition) is 4. The van der Waals surface area contributed by atoms with Crippen LogP contribution in [0.25, 0.3) is 0 Å². The number of alkyl carbamates (subject to hydrolysis) is 1. The van der Waals surface area contributed by atoms with Crippen molar-refractivity contribution in [2.75, 3.05) is 0 Å². The van der Waals surface area contributed by atoms with Crippen LogP contribution in [0.5, 0.6) is 0 Å². The summed E-state index contributed by atoms with van der Waals surface area (Å²) in [6.45, 7) is 0.120. The molecule has 0 aliphatic heterocycles. The van der Waals surface area contributed by atoms with Crippen LogP contribution in [0.15, 0.2) is 42.0 Å². The molecule has 1 aliphatic carbocycles. The number of aliphatic hydroxyl groups is 1. The molecule has 2 rings (SSSR count). The molecule has 1 aromatic rings. The molecule has 6 heteroatoms. The van der Waals surface area contributed by atoms with Gasteiger partial charge in [0.25, 0.3) is 0 Å². The van der Waals surface area contributed by atoms with Gasteiger partial charge < -0.3 is 20.3 Å². The maximum atomic E-state index is 11.6. The molecule has 0 saturated heterocycles. The van der Waals surface area contributed by atoms with E-state index in [0.29, 0.717) is 0 Å². The highest BCUT2D eigenvalue weighted by atomic mass is 16.5. The number of carboxylic acid groups (broad SMARTS) is 1. The minimum atomic E-state index is -1.09. The van der Waals surface area contributed by atoms with Crippen LogP contribution >= 0.6 is 0 Å². The second-order valence-corrected chi connectivity index (χ2v) is 4.50. The molecule has 0 heterocycles. The number of nitrogens with one attached hydrogen (secondary N) is 1. The van der Waals surface area contributed by atoms with Crippen LogP contribution in [0.3, 0.4) is 0 Å². The number of hydrogen-bond donors (Lipinski definition) is 3. The van der Waals surface area contributed by atoms with Crippen LogP contribution in [0.2, 0.25) is 0 Å². The van der Waals surface area contributed by atoms with Crippen LogP contribution in [0, 0.1) is 0 Å². The van der Waals surface area contributed by atoms with E-state index in [-0.39, 0.29) is 18.6 Å². The molecule has 2 atom stereocenters. The largest absolute Gasteiger partial charge is 0.478 e. The first-order chi connectivity index (χ1) is 9.56. The molecule has 6 nitrogen and oxygen atoms in total. The minimum absolute atomic E-state index is 0.0803. The fourth-order valence-electron chi connectivity index (χ4n) is 1.96. The van der Waals surface area contributed by atoms with E-state index in [1.165, 1.54) is 6.08 Å². The van der Waals surface area contributed by atoms with Crippen LogP contribution in [-0.2, 0) is 16.1 Å². The highest BCUT2D eigenvalue weighted by Gasteiger charge is 2.30. The molecule has 20 heavy (non-hydrogen) atoms. The first-order valence-electron chi connectivity index (χ1n) is 6.15. The highest BCUT2D eigenvalue weighted by Crippen LogP contribution is 2.19. The number of aliphatic hydroxyl groups excluding tert-OH is 1. The Kier molecular flexibility index (Phi) is 4.37. The second-order valence-electron chi connectivity index (χ2n) is 4.50. The third-order valence-electron chi connectivity index (χ3n) is 3.01. The zero-order valence-corrected chi connectivity index (χ0v) is 10.7. The van der Waals surface area contributed by atoms with E-state index >= 15 is 0 Å². The molecule has 0 aromatic heterocycles. The van der Waals surface area contributed by atoms with E-state index in [4.69, 9.17) is 9.84 Å². The van der Waals surface area contributed by atoms with Crippen molar-refractivity contribution in [2.24, 2.45) is 0 Å². The number of benzene rings is 1. The van der Waals surface area contributed by atoms with Crippen molar-refractivity contribution in [3.8, 4) is 0 Å². The summed E-state index contributed by atoms with van der Waals surface area (Å²) in [6.07, 6.45) is -0.384. The molecule has 0 radical (unpaired) electrons. The molecule has 0 saturated carbocycles. The van der Waals surface area contributed by atoms with Crippen molar-refractivity contribution in [3.63, 3.8) is 0 Å². The van der Waals surface area contributed by atoms with Crippen molar-refractivity contribution in [1.29, 1.82) is 0 Å². The van der Waals surface area contributed by atoms with Gasteiger partial charge in [0.1, 0.15) is 6.61 Å². The minimum Gasteiger partial charge on any atom is -0.478 e. The number of rotatable bonds is 4. The molecule has 1 aliphatic rings. The van der Waals surface area contributed by atoms with Crippen LogP contribution < -0.4 is 5.32 Å². The average Bonchev–Trinajstić information content (AvgIpc) is 2.79. The van der Waals surface area contributed by atoms with E-state index in [9.17, 15) is 14.7 Å². The lowest BCUT2D eigenvalue weighted by molar-refractivity contribution is -0.132. The van der Waals surface area contributed by atoms with Gasteiger partial charge in [0.15, 0.2) is 0 Å². The summed E-state index contributed by atoms with van der Waals surface area (Å²) in [5.74, 6) is -1.09. The summed E-state index contributed by atoms with van der Waals surface area (Å²) < 4.78 is 5.00. The zero-order chi connectivity index (χ0) is 14.5. The predicted octanol–water partition coefficient (Wildman–Crippen LogP) is 1.06. The van der Waals surface area contributed by atoms with E-state index in [0.717, 1.165) is 5.56 Å². The normalized spacial score (nSPS) is 21.1. The van der Waals surface area contributed by atoms with Crippen molar-refractivity contribution in [1.82, 2.24) is 5.32 Å². The first-order valence-corrected chi connectivity index (χ1v) is 6.15. The average molecular weight is 277 g/mol. The van der Waals surface area contributed by atoms with Gasteiger partial charge in [0.05, 0.1) is 12.1 Å². The van der Waals surface area contributed by atoms with Gasteiger partial charge in [0.2, 0.25) is 0 Å². The lowest BCUT2D eigenvalue weighted by Crippen LogP contribution is -2.40. The van der Waals surface area contributed by atoms with Gasteiger partial charge in [-0.25, -0.2) is 9.59 Å². The first kappa shape index (κ1) is 14.1. The summed E-state index contributed by atoms with van der Waals surface area (Å²) in [5, 5.41) is 20.9. The Bertz CT molecular complexity index is 526. The fourth-order valence-corrected chi connectivity index (χ4v) is 1.96. The van der Waals surface area contributed by atoms with Gasteiger partial charge in [-0.2, -0.15) is 0 Å². The van der Waals surface area contributed by atoms with Gasteiger partial charge in [-0.05, 0) is 11.6 Å². The van der Waals surface area contributed by atoms with Crippen molar-refractivity contribution < 1.29 is 24.5 Å². The lowest BCUT2D eigenvalue weighted by atomic mass is 10.2. The van der Waals surface area contributed by atoms with Crippen molar-refractivity contribution >= 4 is 12.1 Å². The number of aliphatic carboxylic acids is 1. The standard InChI is InChI=1S/C14H15NO5/c16-12-7-10(13(17)18)6-11(12)15-14(19)20-8-9-4-2-1-3-5-9/h1-5,7,11-12,16H,6,8H2,(H,15,19)(H,17,18)/t11-,12+/m0/s1. The number of ether oxygens (including phenoxy) is 1. The van der Waals surface area contributed by atoms with Crippen LogP contribution in [0.4, 0.5) is 4.79 Å². The monoisotopic (exact) mass is 277 g/mol. The molecule has 1 aromatic carbocycles. The third kappa shape index (κ3) is 3.58. The highest BCUT2D eigenvalue weighted by molar-refractivity contribution is 5.87. The van der Waals surface area contributed by atoms with Gasteiger partial charge >= 0.3 is 12.1 Å². The summed E-state index contributed by atoms with van der Waals surface area (Å²) in [4.78, 5) is 22.3. The lowest BCUT2D eigenvalue weighted by Gasteiger charge is -2.16. The summed E-state index contributed by atoms with van der Waals surface area (Å²) in [5.41, 5.74) is 0.935. The Morgan fingerprint density at radius 3 is 2.60 bits per heavy atom. The summed E-state index contributed by atoms with van der Waals surface area (Å²) in [6, 6.07) is 8.51. The predicted molar refractivity (Wildman–Crippen MR) is 69.9 cm³/mol. The Balaban J connectivity index is 1.80. The Morgan fingerprint density at radius 1 is 1.30 bits per heavy atom. The van der Waals surface area contributed by atoms with E-state index in [2.05, 4.69) is 5.32 Å². The molecule has 0 spiro atoms. The SMILES string of the molecule is O=C(N[C@H]1CC(C(=O)O)=C[C@H]1O)OCc1ccccc1. The van der Waals surface area contributed by atoms with Crippen molar-refractivity contribution in [2.45, 2.75) is 25.2 Å². The Labute approximate surface area is 115 Å². The molecule has 0 bridgehead atoms. The Hall–Kier alpha value is -2.34. The molecule has 106 valence electrons. The third-order valence-corrected chi connectivity index (χ3v) is 3.01. The van der Waals surface area contributed by atoms with Crippen molar-refractivity contribution in [3.05, 3.63) is 47.5 Å². The van der Waals surface area contributed by atoms with Gasteiger partial charge in [-0.1, -0.05) is 30.3 Å². The zero-order valence-electron chi connectivity index (χ0n) is 10.7. The number of carbonyl (C=O) groups excluding carboxylic acids is 1. The summed E-state index contributed by atoms with van der Waals surface area (Å²) in [7, 11) is 0. The molecule has 0 unspecified atom stereocenters. The molecule has 0 fully saturated rings. The Morgan fingerprint density at radius 2 is 2.00 bits per heavy atom. The fraction of sp³-hybridized carbons (Fsp3) is 0.286. The van der Waals surface area contributed by atoms with Crippen LogP contribution in [0.1, 0.15) is 12.0 Å². The maximum absolute atomic E-state index is 11.6. The van der Waals surface area contributed by atoms with Crippen LogP contribution in [-0.4, -0.2) is 34.4 Å². The van der Waals surface area contributed by atoms with E-state index in [1.54, 1.807) is 0 Å². The quantitative estimate of drug-likeness (QED) is 0.764. The van der Waals surface area contributed by atoms with Gasteiger partial charge in [-0.3, -0.25) is 0 Å². The second kappa shape index (κ2) is 6.21. The van der Waals surface area contributed by atoms with Gasteiger partial charge in [-0.15, -0.1) is 0 Å². The maximum Gasteiger partial charge on any atom is 0.407 e. The molecular formula is C14H15NO5.